The van der Waals surface area contributed by atoms with Crippen LogP contribution in [-0.4, -0.2) is 20.7 Å². The molecule has 0 N–H and O–H groups in total. The zero-order chi connectivity index (χ0) is 10.5. The third-order valence-electron chi connectivity index (χ3n) is 1.97. The van der Waals surface area contributed by atoms with Gasteiger partial charge in [-0.2, -0.15) is 12.6 Å². The lowest BCUT2D eigenvalue weighted by atomic mass is 10.2. The molecule has 0 atom stereocenters. The Hall–Kier alpha value is -1.42. The van der Waals surface area contributed by atoms with Crippen LogP contribution in [0.3, 0.4) is 0 Å². The maximum Gasteiger partial charge on any atom is 0.129 e. The van der Waals surface area contributed by atoms with Gasteiger partial charge in [-0.25, -0.2) is 9.97 Å². The maximum absolute atomic E-state index is 4.41. The Kier molecular flexibility index (Phi) is 3.29. The highest BCUT2D eigenvalue weighted by molar-refractivity contribution is 7.80. The molecule has 0 fully saturated rings. The summed E-state index contributed by atoms with van der Waals surface area (Å²) in [6.07, 6.45) is 4.30. The van der Waals surface area contributed by atoms with Crippen molar-refractivity contribution in [1.29, 1.82) is 0 Å². The molecule has 15 heavy (non-hydrogen) atoms. The molecule has 0 aliphatic heterocycles. The first-order valence-corrected chi connectivity index (χ1v) is 5.37. The molecule has 0 aliphatic rings. The van der Waals surface area contributed by atoms with E-state index in [0.717, 1.165) is 29.4 Å². The monoisotopic (exact) mass is 217 g/mol. The van der Waals surface area contributed by atoms with Crippen LogP contribution in [0.1, 0.15) is 5.82 Å². The Bertz CT molecular complexity index is 431. The highest BCUT2D eigenvalue weighted by Crippen LogP contribution is 2.12. The van der Waals surface area contributed by atoms with Crippen molar-refractivity contribution in [3.05, 3.63) is 42.5 Å². The second kappa shape index (κ2) is 4.89. The first kappa shape index (κ1) is 10.1. The minimum Gasteiger partial charge on any atom is -0.255 e. The van der Waals surface area contributed by atoms with Gasteiger partial charge in [-0.05, 0) is 24.0 Å². The van der Waals surface area contributed by atoms with E-state index in [4.69, 9.17) is 0 Å². The number of hydrogen-bond acceptors (Lipinski definition) is 4. The molecule has 0 saturated carbocycles. The summed E-state index contributed by atoms with van der Waals surface area (Å²) in [5, 5.41) is 0. The number of hydrogen-bond donors (Lipinski definition) is 1. The number of rotatable bonds is 3. The highest BCUT2D eigenvalue weighted by Gasteiger charge is 2.01. The predicted octanol–water partition coefficient (Wildman–Crippen LogP) is 2.01. The van der Waals surface area contributed by atoms with Gasteiger partial charge >= 0.3 is 0 Å². The summed E-state index contributed by atoms with van der Waals surface area (Å²) in [7, 11) is 0. The Labute approximate surface area is 94.0 Å². The maximum atomic E-state index is 4.41. The zero-order valence-corrected chi connectivity index (χ0v) is 9.06. The molecule has 76 valence electrons. The Morgan fingerprint density at radius 1 is 1.00 bits per heavy atom. The van der Waals surface area contributed by atoms with Crippen molar-refractivity contribution in [3.63, 3.8) is 0 Å². The smallest absolute Gasteiger partial charge is 0.129 e. The fourth-order valence-electron chi connectivity index (χ4n) is 1.28. The second-order valence-electron chi connectivity index (χ2n) is 3.05. The number of aryl methyl sites for hydroxylation is 1. The van der Waals surface area contributed by atoms with Crippen LogP contribution in [0.5, 0.6) is 0 Å². The summed E-state index contributed by atoms with van der Waals surface area (Å²) in [4.78, 5) is 12.8. The van der Waals surface area contributed by atoms with Crippen LogP contribution >= 0.6 is 12.6 Å². The van der Waals surface area contributed by atoms with E-state index in [0.29, 0.717) is 0 Å². The van der Waals surface area contributed by atoms with Crippen LogP contribution in [0.4, 0.5) is 0 Å². The lowest BCUT2D eigenvalue weighted by molar-refractivity contribution is 0.950. The van der Waals surface area contributed by atoms with E-state index in [1.807, 2.05) is 24.3 Å². The van der Waals surface area contributed by atoms with Crippen molar-refractivity contribution in [2.75, 3.05) is 5.75 Å². The summed E-state index contributed by atoms with van der Waals surface area (Å²) in [5.74, 6) is 1.57. The van der Waals surface area contributed by atoms with Gasteiger partial charge in [0, 0.05) is 18.8 Å². The summed E-state index contributed by atoms with van der Waals surface area (Å²) < 4.78 is 0. The molecule has 0 spiro atoms. The molecule has 0 unspecified atom stereocenters. The van der Waals surface area contributed by atoms with Gasteiger partial charge in [-0.15, -0.1) is 0 Å². The number of thiol groups is 1. The van der Waals surface area contributed by atoms with E-state index in [1.54, 1.807) is 12.4 Å². The Morgan fingerprint density at radius 3 is 2.67 bits per heavy atom. The van der Waals surface area contributed by atoms with Gasteiger partial charge in [0.1, 0.15) is 5.82 Å². The van der Waals surface area contributed by atoms with Crippen molar-refractivity contribution in [1.82, 2.24) is 15.0 Å². The van der Waals surface area contributed by atoms with Crippen molar-refractivity contribution in [2.45, 2.75) is 6.42 Å². The van der Waals surface area contributed by atoms with Gasteiger partial charge in [0.25, 0.3) is 0 Å². The van der Waals surface area contributed by atoms with E-state index in [-0.39, 0.29) is 0 Å². The van der Waals surface area contributed by atoms with Gasteiger partial charge in [-0.1, -0.05) is 6.07 Å². The molecule has 0 amide bonds. The molecule has 2 aromatic heterocycles. The molecule has 0 saturated heterocycles. The van der Waals surface area contributed by atoms with E-state index in [1.165, 1.54) is 0 Å². The van der Waals surface area contributed by atoms with Gasteiger partial charge < -0.3 is 0 Å². The molecule has 2 rings (SSSR count). The fraction of sp³-hybridized carbons (Fsp3) is 0.182. The average molecular weight is 217 g/mol. The van der Waals surface area contributed by atoms with Crippen LogP contribution in [0.2, 0.25) is 0 Å². The van der Waals surface area contributed by atoms with Crippen molar-refractivity contribution >= 4 is 12.6 Å². The van der Waals surface area contributed by atoms with Crippen LogP contribution in [0.15, 0.2) is 36.7 Å². The number of aromatic nitrogens is 3. The first-order valence-electron chi connectivity index (χ1n) is 4.74. The molecular weight excluding hydrogens is 206 g/mol. The van der Waals surface area contributed by atoms with Gasteiger partial charge in [0.2, 0.25) is 0 Å². The molecule has 3 nitrogen and oxygen atoms in total. The first-order chi connectivity index (χ1) is 7.40. The van der Waals surface area contributed by atoms with Crippen molar-refractivity contribution in [2.24, 2.45) is 0 Å². The Morgan fingerprint density at radius 2 is 1.93 bits per heavy atom. The number of nitrogens with zero attached hydrogens (tertiary/aromatic N) is 3. The summed E-state index contributed by atoms with van der Waals surface area (Å²) in [6.45, 7) is 0. The van der Waals surface area contributed by atoms with E-state index < -0.39 is 0 Å². The molecule has 0 aromatic carbocycles. The third-order valence-corrected chi connectivity index (χ3v) is 2.19. The quantitative estimate of drug-likeness (QED) is 0.799. The largest absolute Gasteiger partial charge is 0.255 e. The Balaban J connectivity index is 2.33. The standard InChI is InChI=1S/C11H11N3S/c15-8-5-11-13-7-4-10(14-11)9-3-1-2-6-12-9/h1-4,6-7,15H,5,8H2. The third kappa shape index (κ3) is 2.53. The van der Waals surface area contributed by atoms with Crippen LogP contribution in [0, 0.1) is 0 Å². The van der Waals surface area contributed by atoms with E-state index in [2.05, 4.69) is 27.6 Å². The molecule has 0 bridgehead atoms. The molecule has 4 heteroatoms. The minimum absolute atomic E-state index is 0.756. The SMILES string of the molecule is SCCc1nccc(-c2ccccn2)n1. The second-order valence-corrected chi connectivity index (χ2v) is 3.49. The minimum atomic E-state index is 0.756. The fourth-order valence-corrected chi connectivity index (χ4v) is 1.48. The van der Waals surface area contributed by atoms with Crippen LogP contribution in [-0.2, 0) is 6.42 Å². The van der Waals surface area contributed by atoms with Crippen LogP contribution < -0.4 is 0 Å². The molecule has 0 radical (unpaired) electrons. The summed E-state index contributed by atoms with van der Waals surface area (Å²) >= 11 is 4.16. The van der Waals surface area contributed by atoms with Gasteiger partial charge in [0.15, 0.2) is 0 Å². The van der Waals surface area contributed by atoms with Crippen LogP contribution in [0.25, 0.3) is 11.4 Å². The van der Waals surface area contributed by atoms with Crippen molar-refractivity contribution < 1.29 is 0 Å². The lowest BCUT2D eigenvalue weighted by Gasteiger charge is -2.01. The molecule has 2 heterocycles. The molecular formula is C11H11N3S. The summed E-state index contributed by atoms with van der Waals surface area (Å²) in [5.41, 5.74) is 1.74. The van der Waals surface area contributed by atoms with E-state index in [9.17, 15) is 0 Å². The predicted molar refractivity (Wildman–Crippen MR) is 62.8 cm³/mol. The topological polar surface area (TPSA) is 38.7 Å². The van der Waals surface area contributed by atoms with Gasteiger partial charge in [-0.3, -0.25) is 4.98 Å². The normalized spacial score (nSPS) is 10.2. The molecule has 2 aromatic rings. The number of pyridine rings is 1. The van der Waals surface area contributed by atoms with Gasteiger partial charge in [0.05, 0.1) is 11.4 Å². The highest BCUT2D eigenvalue weighted by atomic mass is 32.1. The summed E-state index contributed by atoms with van der Waals surface area (Å²) in [6, 6.07) is 7.64. The average Bonchev–Trinajstić information content (AvgIpc) is 2.31. The zero-order valence-electron chi connectivity index (χ0n) is 8.17. The molecule has 0 aliphatic carbocycles. The lowest BCUT2D eigenvalue weighted by Crippen LogP contribution is -1.97. The van der Waals surface area contributed by atoms with Crippen molar-refractivity contribution in [3.8, 4) is 11.4 Å². The van der Waals surface area contributed by atoms with E-state index >= 15 is 0 Å².